The lowest BCUT2D eigenvalue weighted by atomic mass is 10.1. The lowest BCUT2D eigenvalue weighted by molar-refractivity contribution is -0.124. The van der Waals surface area contributed by atoms with E-state index in [1.165, 1.54) is 30.9 Å². The number of ketones is 1. The van der Waals surface area contributed by atoms with Gasteiger partial charge in [-0.3, -0.25) is 9.59 Å². The van der Waals surface area contributed by atoms with Crippen molar-refractivity contribution in [1.82, 2.24) is 19.8 Å². The molecule has 1 aliphatic rings. The largest absolute Gasteiger partial charge is 0.369 e. The Labute approximate surface area is 209 Å². The van der Waals surface area contributed by atoms with Crippen molar-refractivity contribution in [2.75, 3.05) is 62.9 Å². The van der Waals surface area contributed by atoms with Crippen LogP contribution in [0.5, 0.6) is 0 Å². The molecule has 0 radical (unpaired) electrons. The summed E-state index contributed by atoms with van der Waals surface area (Å²) in [5.41, 5.74) is 2.67. The summed E-state index contributed by atoms with van der Waals surface area (Å²) in [4.78, 5) is 39.5. The summed E-state index contributed by atoms with van der Waals surface area (Å²) < 4.78 is 0. The van der Waals surface area contributed by atoms with Crippen LogP contribution in [0.2, 0.25) is 5.02 Å². The maximum atomic E-state index is 12.6. The zero-order chi connectivity index (χ0) is 24.9. The number of halogens is 1. The van der Waals surface area contributed by atoms with Gasteiger partial charge in [0.05, 0.1) is 17.4 Å². The van der Waals surface area contributed by atoms with E-state index >= 15 is 0 Å². The lowest BCUT2D eigenvalue weighted by Gasteiger charge is -2.34. The highest BCUT2D eigenvalue weighted by molar-refractivity contribution is 6.43. The van der Waals surface area contributed by atoms with E-state index in [0.717, 1.165) is 31.9 Å². The predicted octanol–water partition coefficient (Wildman–Crippen LogP) is 3.64. The zero-order valence-electron chi connectivity index (χ0n) is 20.0. The molecule has 1 amide bonds. The number of piperazine rings is 1. The van der Waals surface area contributed by atoms with E-state index in [1.807, 2.05) is 12.1 Å². The zero-order valence-corrected chi connectivity index (χ0v) is 20.7. The third kappa shape index (κ3) is 5.87. The molecule has 3 aromatic rings. The quantitative estimate of drug-likeness (QED) is 0.380. The van der Waals surface area contributed by atoms with Gasteiger partial charge < -0.3 is 25.3 Å². The van der Waals surface area contributed by atoms with Gasteiger partial charge in [0.2, 0.25) is 5.95 Å². The Morgan fingerprint density at radius 3 is 2.34 bits per heavy atom. The molecule has 10 heteroatoms. The van der Waals surface area contributed by atoms with Crippen LogP contribution in [0.25, 0.3) is 0 Å². The fourth-order valence-electron chi connectivity index (χ4n) is 3.70. The Balaban J connectivity index is 1.49. The monoisotopic (exact) mass is 493 g/mol. The van der Waals surface area contributed by atoms with Gasteiger partial charge in [0, 0.05) is 51.6 Å². The number of nitrogens with zero attached hydrogens (tertiary/aromatic N) is 5. The van der Waals surface area contributed by atoms with Crippen LogP contribution in [-0.2, 0) is 4.79 Å². The molecule has 0 aliphatic carbocycles. The van der Waals surface area contributed by atoms with Crippen molar-refractivity contribution < 1.29 is 9.59 Å². The van der Waals surface area contributed by atoms with E-state index < -0.39 is 11.7 Å². The smallest absolute Gasteiger partial charge is 0.294 e. The molecule has 0 spiro atoms. The molecule has 2 heterocycles. The number of rotatable bonds is 7. The standard InChI is InChI=1S/C25H28ClN7O2/c1-31(2)24(35)22(34)19-6-4-5-7-21(19)29-23-20(26)16-27-25(30-23)28-17-8-10-18(11-9-17)33-14-12-32(3)13-15-33/h4-11,16H,12-15H2,1-3H3,(H2,27,28,29,30). The summed E-state index contributed by atoms with van der Waals surface area (Å²) in [5.74, 6) is -0.578. The average molecular weight is 494 g/mol. The van der Waals surface area contributed by atoms with E-state index in [1.54, 1.807) is 24.3 Å². The molecule has 1 saturated heterocycles. The summed E-state index contributed by atoms with van der Waals surface area (Å²) in [5, 5.41) is 6.54. The van der Waals surface area contributed by atoms with E-state index in [4.69, 9.17) is 11.6 Å². The van der Waals surface area contributed by atoms with E-state index in [9.17, 15) is 9.59 Å². The Morgan fingerprint density at radius 2 is 1.66 bits per heavy atom. The van der Waals surface area contributed by atoms with Crippen molar-refractivity contribution in [3.63, 3.8) is 0 Å². The molecule has 182 valence electrons. The van der Waals surface area contributed by atoms with Gasteiger partial charge in [-0.1, -0.05) is 23.7 Å². The van der Waals surface area contributed by atoms with Gasteiger partial charge in [-0.2, -0.15) is 4.98 Å². The van der Waals surface area contributed by atoms with Crippen molar-refractivity contribution in [3.8, 4) is 0 Å². The SMILES string of the molecule is CN1CCN(c2ccc(Nc3ncc(Cl)c(Nc4ccccc4C(=O)C(=O)N(C)C)n3)cc2)CC1. The number of para-hydroxylation sites is 1. The fraction of sp³-hybridized carbons (Fsp3) is 0.280. The first-order chi connectivity index (χ1) is 16.8. The molecule has 2 N–H and O–H groups in total. The van der Waals surface area contributed by atoms with Crippen LogP contribution in [0.3, 0.4) is 0 Å². The number of hydrogen-bond acceptors (Lipinski definition) is 8. The Kier molecular flexibility index (Phi) is 7.48. The van der Waals surface area contributed by atoms with Crippen LogP contribution >= 0.6 is 11.6 Å². The summed E-state index contributed by atoms with van der Waals surface area (Å²) in [6.07, 6.45) is 1.48. The van der Waals surface area contributed by atoms with Crippen molar-refractivity contribution in [1.29, 1.82) is 0 Å². The van der Waals surface area contributed by atoms with Gasteiger partial charge in [-0.25, -0.2) is 4.98 Å². The number of aromatic nitrogens is 2. The second-order valence-electron chi connectivity index (χ2n) is 8.55. The third-order valence-corrected chi connectivity index (χ3v) is 6.04. The minimum Gasteiger partial charge on any atom is -0.369 e. The number of anilines is 5. The van der Waals surface area contributed by atoms with Crippen LogP contribution in [-0.4, -0.2) is 78.8 Å². The maximum absolute atomic E-state index is 12.6. The molecule has 0 bridgehead atoms. The molecule has 9 nitrogen and oxygen atoms in total. The molecule has 1 fully saturated rings. The highest BCUT2D eigenvalue weighted by atomic mass is 35.5. The summed E-state index contributed by atoms with van der Waals surface area (Å²) >= 11 is 6.33. The van der Waals surface area contributed by atoms with Crippen LogP contribution in [0, 0.1) is 0 Å². The summed E-state index contributed by atoms with van der Waals surface area (Å²) in [6, 6.07) is 14.9. The van der Waals surface area contributed by atoms with Crippen molar-refractivity contribution >= 4 is 52.1 Å². The van der Waals surface area contributed by atoms with Crippen LogP contribution in [0.1, 0.15) is 10.4 Å². The van der Waals surface area contributed by atoms with E-state index in [0.29, 0.717) is 17.5 Å². The van der Waals surface area contributed by atoms with Gasteiger partial charge in [0.15, 0.2) is 5.82 Å². The highest BCUT2D eigenvalue weighted by Crippen LogP contribution is 2.28. The minimum absolute atomic E-state index is 0.231. The first kappa shape index (κ1) is 24.4. The number of benzene rings is 2. The van der Waals surface area contributed by atoms with Crippen molar-refractivity contribution in [2.45, 2.75) is 0 Å². The molecule has 2 aromatic carbocycles. The van der Waals surface area contributed by atoms with Gasteiger partial charge in [0.25, 0.3) is 11.7 Å². The number of amides is 1. The number of carbonyl (C=O) groups is 2. The Morgan fingerprint density at radius 1 is 0.971 bits per heavy atom. The minimum atomic E-state index is -0.623. The topological polar surface area (TPSA) is 93.7 Å². The van der Waals surface area contributed by atoms with Crippen LogP contribution in [0.15, 0.2) is 54.7 Å². The third-order valence-electron chi connectivity index (χ3n) is 5.76. The van der Waals surface area contributed by atoms with Crippen LogP contribution in [0.4, 0.5) is 28.8 Å². The second kappa shape index (κ2) is 10.7. The molecule has 35 heavy (non-hydrogen) atoms. The molecule has 0 saturated carbocycles. The van der Waals surface area contributed by atoms with E-state index in [2.05, 4.69) is 49.6 Å². The number of hydrogen-bond donors (Lipinski definition) is 2. The van der Waals surface area contributed by atoms with Crippen LogP contribution < -0.4 is 15.5 Å². The first-order valence-corrected chi connectivity index (χ1v) is 11.6. The molecule has 0 atom stereocenters. The summed E-state index contributed by atoms with van der Waals surface area (Å²) in [7, 11) is 5.21. The molecule has 4 rings (SSSR count). The van der Waals surface area contributed by atoms with E-state index in [-0.39, 0.29) is 10.6 Å². The second-order valence-corrected chi connectivity index (χ2v) is 8.96. The molecular formula is C25H28ClN7O2. The molecular weight excluding hydrogens is 466 g/mol. The number of carbonyl (C=O) groups excluding carboxylic acids is 2. The fourth-order valence-corrected chi connectivity index (χ4v) is 3.84. The van der Waals surface area contributed by atoms with Gasteiger partial charge in [0.1, 0.15) is 5.02 Å². The van der Waals surface area contributed by atoms with Crippen molar-refractivity contribution in [2.24, 2.45) is 0 Å². The predicted molar refractivity (Wildman–Crippen MR) is 139 cm³/mol. The Bertz CT molecular complexity index is 1210. The van der Waals surface area contributed by atoms with Gasteiger partial charge >= 0.3 is 0 Å². The number of likely N-dealkylation sites (N-methyl/N-ethyl adjacent to an activating group) is 2. The number of nitrogens with one attached hydrogen (secondary N) is 2. The summed E-state index contributed by atoms with van der Waals surface area (Å²) in [6.45, 7) is 4.10. The number of Topliss-reactive ketones (excluding diaryl/α,β-unsaturated/α-hetero) is 1. The first-order valence-electron chi connectivity index (χ1n) is 11.3. The van der Waals surface area contributed by atoms with Gasteiger partial charge in [-0.15, -0.1) is 0 Å². The normalized spacial score (nSPS) is 13.9. The molecule has 1 aromatic heterocycles. The average Bonchev–Trinajstić information content (AvgIpc) is 2.86. The molecule has 0 unspecified atom stereocenters. The highest BCUT2D eigenvalue weighted by Gasteiger charge is 2.21. The van der Waals surface area contributed by atoms with Gasteiger partial charge in [-0.05, 0) is 43.4 Å². The lowest BCUT2D eigenvalue weighted by Crippen LogP contribution is -2.44. The van der Waals surface area contributed by atoms with Crippen molar-refractivity contribution in [3.05, 3.63) is 65.3 Å². The maximum Gasteiger partial charge on any atom is 0.294 e. The Hall–Kier alpha value is -3.69. The molecule has 1 aliphatic heterocycles.